The Morgan fingerprint density at radius 3 is 2.84 bits per heavy atom. The molecule has 3 aliphatic rings. The molecule has 4 rings (SSSR count). The molecule has 0 spiro atoms. The molecule has 1 aromatic rings. The fourth-order valence-electron chi connectivity index (χ4n) is 5.70. The summed E-state index contributed by atoms with van der Waals surface area (Å²) in [6.07, 6.45) is 10.5. The van der Waals surface area contributed by atoms with Crippen LogP contribution in [0.25, 0.3) is 6.08 Å². The molecule has 0 amide bonds. The van der Waals surface area contributed by atoms with Gasteiger partial charge in [0.05, 0.1) is 7.11 Å². The van der Waals surface area contributed by atoms with Crippen molar-refractivity contribution in [2.45, 2.75) is 58.0 Å². The Morgan fingerprint density at radius 2 is 2.08 bits per heavy atom. The molecular formula is C22H28O3. The number of rotatable bonds is 2. The second kappa shape index (κ2) is 6.19. The van der Waals surface area contributed by atoms with Gasteiger partial charge in [-0.05, 0) is 78.5 Å². The van der Waals surface area contributed by atoms with Gasteiger partial charge in [-0.1, -0.05) is 25.1 Å². The monoisotopic (exact) mass is 340 g/mol. The SMILES string of the molecule is COc1ccc2c(c1)C=C[C@H]1[C@H]2CC[C@H]2C[C@@H](OC(C)=O)CC[C@@]21C. The lowest BCUT2D eigenvalue weighted by Gasteiger charge is -2.55. The Bertz CT molecular complexity index is 707. The van der Waals surface area contributed by atoms with Gasteiger partial charge in [0.1, 0.15) is 11.9 Å². The van der Waals surface area contributed by atoms with E-state index in [0.29, 0.717) is 23.2 Å². The second-order valence-corrected chi connectivity index (χ2v) is 8.27. The Hall–Kier alpha value is -1.77. The van der Waals surface area contributed by atoms with Gasteiger partial charge in [0, 0.05) is 6.92 Å². The maximum absolute atomic E-state index is 11.3. The Balaban J connectivity index is 1.60. The van der Waals surface area contributed by atoms with Crippen molar-refractivity contribution in [2.24, 2.45) is 17.3 Å². The summed E-state index contributed by atoms with van der Waals surface area (Å²) in [7, 11) is 1.73. The summed E-state index contributed by atoms with van der Waals surface area (Å²) in [6.45, 7) is 4.00. The summed E-state index contributed by atoms with van der Waals surface area (Å²) in [5, 5.41) is 0. The van der Waals surface area contributed by atoms with E-state index in [1.807, 2.05) is 0 Å². The highest BCUT2D eigenvalue weighted by atomic mass is 16.5. The molecule has 3 nitrogen and oxygen atoms in total. The van der Waals surface area contributed by atoms with Gasteiger partial charge < -0.3 is 9.47 Å². The molecule has 0 aromatic heterocycles. The molecule has 2 saturated carbocycles. The van der Waals surface area contributed by atoms with Crippen LogP contribution in [0.3, 0.4) is 0 Å². The average molecular weight is 340 g/mol. The first-order chi connectivity index (χ1) is 12.0. The van der Waals surface area contributed by atoms with Crippen molar-refractivity contribution in [3.05, 3.63) is 35.4 Å². The van der Waals surface area contributed by atoms with E-state index in [0.717, 1.165) is 25.0 Å². The highest BCUT2D eigenvalue weighted by Gasteiger charge is 2.51. The number of esters is 1. The first kappa shape index (κ1) is 16.7. The summed E-state index contributed by atoms with van der Waals surface area (Å²) in [5.41, 5.74) is 3.11. The number of fused-ring (bicyclic) bond motifs is 5. The first-order valence-electron chi connectivity index (χ1n) is 9.54. The molecule has 134 valence electrons. The number of carbonyl (C=O) groups is 1. The molecule has 3 heteroatoms. The lowest BCUT2D eigenvalue weighted by atomic mass is 9.50. The molecule has 0 bridgehead atoms. The van der Waals surface area contributed by atoms with Gasteiger partial charge in [-0.15, -0.1) is 0 Å². The molecular weight excluding hydrogens is 312 g/mol. The van der Waals surface area contributed by atoms with E-state index in [2.05, 4.69) is 37.3 Å². The van der Waals surface area contributed by atoms with Crippen LogP contribution in [-0.4, -0.2) is 19.2 Å². The van der Waals surface area contributed by atoms with Crippen molar-refractivity contribution in [1.82, 2.24) is 0 Å². The number of methoxy groups -OCH3 is 1. The summed E-state index contributed by atoms with van der Waals surface area (Å²) >= 11 is 0. The lowest BCUT2D eigenvalue weighted by Crippen LogP contribution is -2.47. The first-order valence-corrected chi connectivity index (χ1v) is 9.54. The van der Waals surface area contributed by atoms with Crippen LogP contribution in [0, 0.1) is 17.3 Å². The van der Waals surface area contributed by atoms with Crippen molar-refractivity contribution in [1.29, 1.82) is 0 Å². The van der Waals surface area contributed by atoms with Gasteiger partial charge in [0.15, 0.2) is 0 Å². The molecule has 5 atom stereocenters. The highest BCUT2D eigenvalue weighted by molar-refractivity contribution is 5.66. The van der Waals surface area contributed by atoms with Crippen LogP contribution in [0.15, 0.2) is 24.3 Å². The molecule has 0 radical (unpaired) electrons. The molecule has 0 saturated heterocycles. The van der Waals surface area contributed by atoms with E-state index in [9.17, 15) is 4.79 Å². The summed E-state index contributed by atoms with van der Waals surface area (Å²) in [4.78, 5) is 11.3. The van der Waals surface area contributed by atoms with Gasteiger partial charge in [-0.3, -0.25) is 4.79 Å². The predicted octanol–water partition coefficient (Wildman–Crippen LogP) is 4.95. The topological polar surface area (TPSA) is 35.5 Å². The normalized spacial score (nSPS) is 36.0. The zero-order valence-electron chi connectivity index (χ0n) is 15.5. The maximum atomic E-state index is 11.3. The molecule has 1 aromatic carbocycles. The van der Waals surface area contributed by atoms with Crippen LogP contribution in [-0.2, 0) is 9.53 Å². The van der Waals surface area contributed by atoms with Crippen molar-refractivity contribution in [3.63, 3.8) is 0 Å². The molecule has 0 heterocycles. The van der Waals surface area contributed by atoms with Crippen LogP contribution in [0.2, 0.25) is 0 Å². The largest absolute Gasteiger partial charge is 0.497 e. The highest BCUT2D eigenvalue weighted by Crippen LogP contribution is 2.60. The van der Waals surface area contributed by atoms with E-state index >= 15 is 0 Å². The second-order valence-electron chi connectivity index (χ2n) is 8.27. The Labute approximate surface area is 150 Å². The van der Waals surface area contributed by atoms with Crippen LogP contribution < -0.4 is 4.74 Å². The van der Waals surface area contributed by atoms with Crippen LogP contribution >= 0.6 is 0 Å². The van der Waals surface area contributed by atoms with E-state index in [1.54, 1.807) is 7.11 Å². The average Bonchev–Trinajstić information content (AvgIpc) is 2.60. The maximum Gasteiger partial charge on any atom is 0.302 e. The smallest absolute Gasteiger partial charge is 0.302 e. The minimum atomic E-state index is -0.136. The molecule has 0 unspecified atom stereocenters. The zero-order chi connectivity index (χ0) is 17.6. The standard InChI is InChI=1S/C22H28O3/c1-14(23)25-18-10-11-22(2)16(13-18)5-7-20-19-8-6-17(24-3)12-15(19)4-9-21(20)22/h4,6,8-9,12,16,18,20-21H,5,7,10-11,13H2,1-3H3/t16-,18-,20-,21-,22-/m0/s1. The fraction of sp³-hybridized carbons (Fsp3) is 0.591. The van der Waals surface area contributed by atoms with E-state index in [-0.39, 0.29) is 12.1 Å². The van der Waals surface area contributed by atoms with Gasteiger partial charge in [0.25, 0.3) is 0 Å². The molecule has 0 aliphatic heterocycles. The summed E-state index contributed by atoms with van der Waals surface area (Å²) in [6, 6.07) is 6.53. The quantitative estimate of drug-likeness (QED) is 0.714. The van der Waals surface area contributed by atoms with E-state index in [1.165, 1.54) is 30.9 Å². The van der Waals surface area contributed by atoms with E-state index in [4.69, 9.17) is 9.47 Å². The summed E-state index contributed by atoms with van der Waals surface area (Å²) in [5.74, 6) is 2.64. The van der Waals surface area contributed by atoms with Crippen LogP contribution in [0.5, 0.6) is 5.75 Å². The number of allylic oxidation sites excluding steroid dienone is 1. The van der Waals surface area contributed by atoms with Crippen molar-refractivity contribution >= 4 is 12.0 Å². The zero-order valence-corrected chi connectivity index (χ0v) is 15.5. The summed E-state index contributed by atoms with van der Waals surface area (Å²) < 4.78 is 10.9. The third kappa shape index (κ3) is 2.78. The molecule has 0 N–H and O–H groups in total. The molecule has 3 aliphatic carbocycles. The van der Waals surface area contributed by atoms with Crippen molar-refractivity contribution in [3.8, 4) is 5.75 Å². The third-order valence-corrected chi connectivity index (χ3v) is 7.02. The van der Waals surface area contributed by atoms with E-state index < -0.39 is 0 Å². The van der Waals surface area contributed by atoms with Gasteiger partial charge in [-0.25, -0.2) is 0 Å². The Kier molecular flexibility index (Phi) is 4.13. The van der Waals surface area contributed by atoms with Gasteiger partial charge in [-0.2, -0.15) is 0 Å². The minimum absolute atomic E-state index is 0.122. The number of carbonyl (C=O) groups excluding carboxylic acids is 1. The molecule has 25 heavy (non-hydrogen) atoms. The number of hydrogen-bond donors (Lipinski definition) is 0. The van der Waals surface area contributed by atoms with Crippen LogP contribution in [0.4, 0.5) is 0 Å². The fourth-order valence-corrected chi connectivity index (χ4v) is 5.70. The number of benzene rings is 1. The lowest BCUT2D eigenvalue weighted by molar-refractivity contribution is -0.152. The minimum Gasteiger partial charge on any atom is -0.497 e. The number of ether oxygens (including phenoxy) is 2. The van der Waals surface area contributed by atoms with Crippen molar-refractivity contribution < 1.29 is 14.3 Å². The Morgan fingerprint density at radius 1 is 1.24 bits per heavy atom. The van der Waals surface area contributed by atoms with Gasteiger partial charge >= 0.3 is 5.97 Å². The van der Waals surface area contributed by atoms with Crippen molar-refractivity contribution in [2.75, 3.05) is 7.11 Å². The third-order valence-electron chi connectivity index (χ3n) is 7.02. The number of hydrogen-bond acceptors (Lipinski definition) is 3. The van der Waals surface area contributed by atoms with Gasteiger partial charge in [0.2, 0.25) is 0 Å². The van der Waals surface area contributed by atoms with Crippen LogP contribution in [0.1, 0.15) is 63.0 Å². The predicted molar refractivity (Wildman–Crippen MR) is 98.5 cm³/mol. The molecule has 2 fully saturated rings.